The first-order valence-corrected chi connectivity index (χ1v) is 10.8. The van der Waals surface area contributed by atoms with Crippen molar-refractivity contribution in [3.05, 3.63) is 58.9 Å². The van der Waals surface area contributed by atoms with Gasteiger partial charge in [0.2, 0.25) is 5.91 Å². The Bertz CT molecular complexity index is 1040. The third kappa shape index (κ3) is 3.79. The largest absolute Gasteiger partial charge is 0.336 e. The van der Waals surface area contributed by atoms with E-state index in [-0.39, 0.29) is 23.7 Å². The number of hydrogen-bond acceptors (Lipinski definition) is 3. The zero-order chi connectivity index (χ0) is 20.5. The number of fused-ring (bicyclic) bond motifs is 1. The highest BCUT2D eigenvalue weighted by molar-refractivity contribution is 7.16. The molecule has 1 aromatic carbocycles. The van der Waals surface area contributed by atoms with E-state index in [1.807, 2.05) is 45.7 Å². The van der Waals surface area contributed by atoms with E-state index in [1.165, 1.54) is 12.1 Å². The first kappa shape index (κ1) is 19.6. The number of piperazine rings is 1. The van der Waals surface area contributed by atoms with Crippen molar-refractivity contribution in [2.24, 2.45) is 0 Å². The molecule has 0 aliphatic carbocycles. The highest BCUT2D eigenvalue weighted by Crippen LogP contribution is 2.28. The van der Waals surface area contributed by atoms with Crippen LogP contribution in [0.2, 0.25) is 0 Å². The van der Waals surface area contributed by atoms with Gasteiger partial charge in [-0.05, 0) is 42.1 Å². The van der Waals surface area contributed by atoms with Gasteiger partial charge in [0.15, 0.2) is 0 Å². The van der Waals surface area contributed by atoms with Crippen molar-refractivity contribution in [3.8, 4) is 0 Å². The molecule has 4 rings (SSSR count). The van der Waals surface area contributed by atoms with Gasteiger partial charge in [-0.25, -0.2) is 4.39 Å². The molecule has 1 aliphatic rings. The summed E-state index contributed by atoms with van der Waals surface area (Å²) in [5.41, 5.74) is 1.58. The molecule has 0 radical (unpaired) electrons. The van der Waals surface area contributed by atoms with Gasteiger partial charge in [0.1, 0.15) is 16.3 Å². The Balaban J connectivity index is 1.60. The van der Waals surface area contributed by atoms with Crippen LogP contribution in [0.4, 0.5) is 4.39 Å². The van der Waals surface area contributed by atoms with Crippen LogP contribution >= 0.6 is 11.3 Å². The summed E-state index contributed by atoms with van der Waals surface area (Å²) in [7, 11) is 0. The molecule has 0 N–H and O–H groups in total. The molecule has 2 amide bonds. The molecule has 3 heterocycles. The Labute approximate surface area is 173 Å². The molecule has 0 saturated carbocycles. The second-order valence-corrected chi connectivity index (χ2v) is 8.36. The first-order chi connectivity index (χ1) is 14.0. The van der Waals surface area contributed by atoms with Crippen LogP contribution < -0.4 is 0 Å². The maximum absolute atomic E-state index is 13.4. The Morgan fingerprint density at radius 1 is 1.17 bits per heavy atom. The minimum atomic E-state index is -0.271. The fourth-order valence-corrected chi connectivity index (χ4v) is 4.86. The smallest absolute Gasteiger partial charge is 0.270 e. The lowest BCUT2D eigenvalue weighted by molar-refractivity contribution is -0.134. The van der Waals surface area contributed by atoms with Gasteiger partial charge in [-0.3, -0.25) is 9.59 Å². The van der Waals surface area contributed by atoms with Gasteiger partial charge in [0.05, 0.1) is 0 Å². The predicted molar refractivity (Wildman–Crippen MR) is 113 cm³/mol. The number of rotatable bonds is 4. The zero-order valence-electron chi connectivity index (χ0n) is 16.6. The predicted octanol–water partition coefficient (Wildman–Crippen LogP) is 3.97. The number of amides is 2. The lowest BCUT2D eigenvalue weighted by Crippen LogP contribution is -2.55. The van der Waals surface area contributed by atoms with Gasteiger partial charge in [0, 0.05) is 44.0 Å². The Morgan fingerprint density at radius 3 is 2.62 bits per heavy atom. The Morgan fingerprint density at radius 2 is 1.93 bits per heavy atom. The average Bonchev–Trinajstić information content (AvgIpc) is 3.31. The molecular weight excluding hydrogens is 389 g/mol. The van der Waals surface area contributed by atoms with Crippen LogP contribution in [0.1, 0.15) is 36.3 Å². The summed E-state index contributed by atoms with van der Waals surface area (Å²) in [5.74, 6) is -0.164. The number of nitrogens with zero attached hydrogens (tertiary/aromatic N) is 3. The molecule has 29 heavy (non-hydrogen) atoms. The molecule has 1 saturated heterocycles. The molecule has 0 bridgehead atoms. The summed E-state index contributed by atoms with van der Waals surface area (Å²) in [4.78, 5) is 30.2. The van der Waals surface area contributed by atoms with E-state index in [0.29, 0.717) is 38.3 Å². The number of benzene rings is 1. The van der Waals surface area contributed by atoms with E-state index in [4.69, 9.17) is 0 Å². The molecule has 1 fully saturated rings. The maximum Gasteiger partial charge on any atom is 0.270 e. The van der Waals surface area contributed by atoms with E-state index in [2.05, 4.69) is 0 Å². The molecule has 2 aromatic heterocycles. The number of halogens is 1. The third-order valence-corrected chi connectivity index (χ3v) is 6.46. The van der Waals surface area contributed by atoms with Gasteiger partial charge in [-0.15, -0.1) is 11.3 Å². The van der Waals surface area contributed by atoms with Crippen LogP contribution in [0, 0.1) is 5.82 Å². The molecule has 7 heteroatoms. The summed E-state index contributed by atoms with van der Waals surface area (Å²) < 4.78 is 15.3. The van der Waals surface area contributed by atoms with Crippen LogP contribution in [0.15, 0.2) is 41.8 Å². The van der Waals surface area contributed by atoms with Crippen LogP contribution in [0.25, 0.3) is 10.2 Å². The van der Waals surface area contributed by atoms with Crippen molar-refractivity contribution in [1.29, 1.82) is 0 Å². The molecule has 0 spiro atoms. The topological polar surface area (TPSA) is 45.6 Å². The van der Waals surface area contributed by atoms with Gasteiger partial charge in [0.25, 0.3) is 5.91 Å². The summed E-state index contributed by atoms with van der Waals surface area (Å²) in [6, 6.07) is 10.3. The fourth-order valence-electron chi connectivity index (χ4n) is 3.96. The second kappa shape index (κ2) is 7.99. The van der Waals surface area contributed by atoms with Crippen molar-refractivity contribution in [1.82, 2.24) is 14.4 Å². The number of carbonyl (C=O) groups is 2. The molecule has 5 nitrogen and oxygen atoms in total. The lowest BCUT2D eigenvalue weighted by atomic mass is 10.1. The minimum Gasteiger partial charge on any atom is -0.336 e. The molecule has 1 atom stereocenters. The Kier molecular flexibility index (Phi) is 5.41. The quantitative estimate of drug-likeness (QED) is 0.650. The van der Waals surface area contributed by atoms with Crippen molar-refractivity contribution >= 4 is 33.4 Å². The first-order valence-electron chi connectivity index (χ1n) is 9.88. The Hall–Kier alpha value is -2.67. The summed E-state index contributed by atoms with van der Waals surface area (Å²) >= 11 is 1.59. The number of aromatic nitrogens is 1. The van der Waals surface area contributed by atoms with Crippen molar-refractivity contribution in [3.63, 3.8) is 0 Å². The molecule has 0 unspecified atom stereocenters. The van der Waals surface area contributed by atoms with Crippen molar-refractivity contribution in [2.45, 2.75) is 32.9 Å². The summed E-state index contributed by atoms with van der Waals surface area (Å²) in [6.07, 6.45) is 0.481. The highest BCUT2D eigenvalue weighted by Gasteiger charge is 2.31. The second-order valence-electron chi connectivity index (χ2n) is 7.46. The van der Waals surface area contributed by atoms with Gasteiger partial charge < -0.3 is 14.4 Å². The van der Waals surface area contributed by atoms with Crippen LogP contribution in [0.5, 0.6) is 0 Å². The highest BCUT2D eigenvalue weighted by atomic mass is 32.1. The summed E-state index contributed by atoms with van der Waals surface area (Å²) in [6.45, 7) is 5.98. The monoisotopic (exact) mass is 413 g/mol. The zero-order valence-corrected chi connectivity index (χ0v) is 17.4. The van der Waals surface area contributed by atoms with E-state index in [1.54, 1.807) is 23.5 Å². The maximum atomic E-state index is 13.4. The van der Waals surface area contributed by atoms with E-state index in [9.17, 15) is 14.0 Å². The molecular formula is C22H24FN3O2S. The number of hydrogen-bond donors (Lipinski definition) is 0. The van der Waals surface area contributed by atoms with Crippen molar-refractivity contribution < 1.29 is 14.0 Å². The number of thiophene rings is 1. The molecule has 3 aromatic rings. The SMILES string of the molecule is CCC(=O)N1CCN(C(=O)c2cc3ccsc3n2Cc2ccc(F)cc2)C[C@H]1C. The van der Waals surface area contributed by atoms with E-state index >= 15 is 0 Å². The van der Waals surface area contributed by atoms with Crippen LogP contribution in [-0.4, -0.2) is 51.9 Å². The third-order valence-electron chi connectivity index (χ3n) is 5.51. The van der Waals surface area contributed by atoms with Crippen LogP contribution in [0.3, 0.4) is 0 Å². The average molecular weight is 414 g/mol. The lowest BCUT2D eigenvalue weighted by Gasteiger charge is -2.40. The van der Waals surface area contributed by atoms with Gasteiger partial charge >= 0.3 is 0 Å². The normalized spacial score (nSPS) is 17.1. The van der Waals surface area contributed by atoms with E-state index in [0.717, 1.165) is 15.8 Å². The molecule has 152 valence electrons. The molecule has 1 aliphatic heterocycles. The van der Waals surface area contributed by atoms with Crippen molar-refractivity contribution in [2.75, 3.05) is 19.6 Å². The minimum absolute atomic E-state index is 0.00165. The van der Waals surface area contributed by atoms with Gasteiger partial charge in [-0.1, -0.05) is 19.1 Å². The fraction of sp³-hybridized carbons (Fsp3) is 0.364. The van der Waals surface area contributed by atoms with Crippen LogP contribution in [-0.2, 0) is 11.3 Å². The standard InChI is InChI=1S/C22H24FN3O2S/c1-3-20(27)25-10-9-24(13-15(25)2)21(28)19-12-17-8-11-29-22(17)26(19)14-16-4-6-18(23)7-5-16/h4-8,11-12,15H,3,9-10,13-14H2,1-2H3/t15-/m1/s1. The summed E-state index contributed by atoms with van der Waals surface area (Å²) in [5, 5.41) is 3.05. The number of carbonyl (C=O) groups excluding carboxylic acids is 2. The van der Waals surface area contributed by atoms with E-state index < -0.39 is 0 Å². The van der Waals surface area contributed by atoms with Gasteiger partial charge in [-0.2, -0.15) is 0 Å².